The van der Waals surface area contributed by atoms with Gasteiger partial charge in [-0.15, -0.1) is 11.3 Å². The summed E-state index contributed by atoms with van der Waals surface area (Å²) in [6.07, 6.45) is 5.95. The number of nitrogens with zero attached hydrogens (tertiary/aromatic N) is 2. The van der Waals surface area contributed by atoms with E-state index < -0.39 is 0 Å². The highest BCUT2D eigenvalue weighted by Crippen LogP contribution is 2.29. The summed E-state index contributed by atoms with van der Waals surface area (Å²) in [5, 5.41) is 2.81. The third kappa shape index (κ3) is 3.29. The number of amides is 1. The molecule has 0 spiro atoms. The first-order valence-electron chi connectivity index (χ1n) is 7.37. The molecule has 0 radical (unpaired) electrons. The van der Waals surface area contributed by atoms with Gasteiger partial charge in [-0.2, -0.15) is 0 Å². The van der Waals surface area contributed by atoms with Crippen LogP contribution in [-0.4, -0.2) is 15.9 Å². The standard InChI is InChI=1S/C16H19N3OS/c1-10-8-11(2)18-16(17-10)19-15(20)14-9-12-6-4-3-5-7-13(12)21-14/h8-9H,3-7H2,1-2H3,(H,17,18,19,20). The van der Waals surface area contributed by atoms with E-state index in [-0.39, 0.29) is 5.91 Å². The number of hydrogen-bond acceptors (Lipinski definition) is 4. The van der Waals surface area contributed by atoms with E-state index in [2.05, 4.69) is 15.3 Å². The second-order valence-electron chi connectivity index (χ2n) is 5.55. The summed E-state index contributed by atoms with van der Waals surface area (Å²) in [5.41, 5.74) is 3.07. The molecule has 0 saturated heterocycles. The lowest BCUT2D eigenvalue weighted by Crippen LogP contribution is -2.13. The molecule has 0 unspecified atom stereocenters. The van der Waals surface area contributed by atoms with Gasteiger partial charge in [-0.1, -0.05) is 6.42 Å². The number of rotatable bonds is 2. The first kappa shape index (κ1) is 14.2. The average Bonchev–Trinajstić information content (AvgIpc) is 2.69. The third-order valence-electron chi connectivity index (χ3n) is 3.68. The highest BCUT2D eigenvalue weighted by atomic mass is 32.1. The van der Waals surface area contributed by atoms with Crippen LogP contribution in [0.4, 0.5) is 5.95 Å². The molecular weight excluding hydrogens is 282 g/mol. The molecular formula is C16H19N3OS. The second kappa shape index (κ2) is 5.93. The van der Waals surface area contributed by atoms with E-state index >= 15 is 0 Å². The monoisotopic (exact) mass is 301 g/mol. The van der Waals surface area contributed by atoms with Gasteiger partial charge in [0.1, 0.15) is 0 Å². The summed E-state index contributed by atoms with van der Waals surface area (Å²) >= 11 is 1.62. The van der Waals surface area contributed by atoms with Gasteiger partial charge in [0.05, 0.1) is 4.88 Å². The van der Waals surface area contributed by atoms with Crippen molar-refractivity contribution in [3.05, 3.63) is 38.8 Å². The van der Waals surface area contributed by atoms with E-state index in [9.17, 15) is 4.79 Å². The molecule has 1 N–H and O–H groups in total. The van der Waals surface area contributed by atoms with Crippen molar-refractivity contribution in [3.63, 3.8) is 0 Å². The number of hydrogen-bond donors (Lipinski definition) is 1. The maximum atomic E-state index is 12.4. The van der Waals surface area contributed by atoms with Crippen LogP contribution in [0.2, 0.25) is 0 Å². The van der Waals surface area contributed by atoms with Crippen LogP contribution in [0.15, 0.2) is 12.1 Å². The highest BCUT2D eigenvalue weighted by molar-refractivity contribution is 7.14. The Kier molecular flexibility index (Phi) is 4.01. The molecule has 21 heavy (non-hydrogen) atoms. The zero-order chi connectivity index (χ0) is 14.8. The van der Waals surface area contributed by atoms with Gasteiger partial charge in [0.2, 0.25) is 5.95 Å². The number of nitrogens with one attached hydrogen (secondary N) is 1. The lowest BCUT2D eigenvalue weighted by Gasteiger charge is -2.04. The molecule has 0 atom stereocenters. The molecule has 0 aliphatic heterocycles. The molecule has 110 valence electrons. The van der Waals surface area contributed by atoms with Gasteiger partial charge in [-0.25, -0.2) is 9.97 Å². The Hall–Kier alpha value is -1.75. The van der Waals surface area contributed by atoms with E-state index in [0.717, 1.165) is 29.1 Å². The van der Waals surface area contributed by atoms with Crippen LogP contribution in [0.25, 0.3) is 0 Å². The molecule has 1 amide bonds. The Labute approximate surface area is 128 Å². The Balaban J connectivity index is 1.79. The van der Waals surface area contributed by atoms with E-state index in [4.69, 9.17) is 0 Å². The Bertz CT molecular complexity index is 634. The second-order valence-corrected chi connectivity index (χ2v) is 6.68. The largest absolute Gasteiger partial charge is 0.290 e. The lowest BCUT2D eigenvalue weighted by atomic mass is 10.1. The molecule has 0 saturated carbocycles. The van der Waals surface area contributed by atoms with Crippen LogP contribution < -0.4 is 5.32 Å². The van der Waals surface area contributed by atoms with Crippen molar-refractivity contribution in [3.8, 4) is 0 Å². The molecule has 0 fully saturated rings. The summed E-state index contributed by atoms with van der Waals surface area (Å²) < 4.78 is 0. The van der Waals surface area contributed by atoms with Crippen molar-refractivity contribution in [1.82, 2.24) is 9.97 Å². The van der Waals surface area contributed by atoms with Gasteiger partial charge in [0.15, 0.2) is 0 Å². The van der Waals surface area contributed by atoms with E-state index in [1.165, 1.54) is 29.7 Å². The Morgan fingerprint density at radius 2 is 1.81 bits per heavy atom. The minimum absolute atomic E-state index is 0.0990. The third-order valence-corrected chi connectivity index (χ3v) is 4.91. The highest BCUT2D eigenvalue weighted by Gasteiger charge is 2.17. The minimum atomic E-state index is -0.0990. The van der Waals surface area contributed by atoms with E-state index in [1.54, 1.807) is 11.3 Å². The van der Waals surface area contributed by atoms with Crippen molar-refractivity contribution < 1.29 is 4.79 Å². The van der Waals surface area contributed by atoms with Crippen LogP contribution >= 0.6 is 11.3 Å². The van der Waals surface area contributed by atoms with Crippen molar-refractivity contribution >= 4 is 23.2 Å². The van der Waals surface area contributed by atoms with Crippen LogP contribution in [0.3, 0.4) is 0 Å². The smallest absolute Gasteiger partial charge is 0.268 e. The molecule has 0 bridgehead atoms. The number of anilines is 1. The number of aryl methyl sites for hydroxylation is 4. The average molecular weight is 301 g/mol. The van der Waals surface area contributed by atoms with Crippen LogP contribution in [0.1, 0.15) is 50.8 Å². The van der Waals surface area contributed by atoms with Gasteiger partial charge in [-0.05, 0) is 57.2 Å². The maximum Gasteiger partial charge on any atom is 0.268 e. The van der Waals surface area contributed by atoms with Gasteiger partial charge >= 0.3 is 0 Å². The quantitative estimate of drug-likeness (QED) is 0.861. The zero-order valence-corrected chi connectivity index (χ0v) is 13.2. The molecule has 3 rings (SSSR count). The lowest BCUT2D eigenvalue weighted by molar-refractivity contribution is 0.102. The fraction of sp³-hybridized carbons (Fsp3) is 0.438. The summed E-state index contributed by atoms with van der Waals surface area (Å²) in [6, 6.07) is 3.94. The molecule has 1 aliphatic rings. The summed E-state index contributed by atoms with van der Waals surface area (Å²) in [4.78, 5) is 23.0. The predicted octanol–water partition coefficient (Wildman–Crippen LogP) is 3.68. The molecule has 2 aromatic heterocycles. The van der Waals surface area contributed by atoms with E-state index in [0.29, 0.717) is 5.95 Å². The fourth-order valence-corrected chi connectivity index (χ4v) is 3.87. The molecule has 4 nitrogen and oxygen atoms in total. The summed E-state index contributed by atoms with van der Waals surface area (Å²) in [6.45, 7) is 3.80. The van der Waals surface area contributed by atoms with Gasteiger partial charge < -0.3 is 0 Å². The number of carbonyl (C=O) groups excluding carboxylic acids is 1. The van der Waals surface area contributed by atoms with Gasteiger partial charge in [0, 0.05) is 16.3 Å². The molecule has 2 aromatic rings. The first-order valence-corrected chi connectivity index (χ1v) is 8.19. The van der Waals surface area contributed by atoms with Gasteiger partial charge in [-0.3, -0.25) is 10.1 Å². The summed E-state index contributed by atoms with van der Waals surface area (Å²) in [7, 11) is 0. The Morgan fingerprint density at radius 3 is 2.57 bits per heavy atom. The summed E-state index contributed by atoms with van der Waals surface area (Å²) in [5.74, 6) is 0.291. The van der Waals surface area contributed by atoms with E-state index in [1.807, 2.05) is 26.0 Å². The number of thiophene rings is 1. The predicted molar refractivity (Wildman–Crippen MR) is 85.0 cm³/mol. The van der Waals surface area contributed by atoms with Crippen molar-refractivity contribution in [2.45, 2.75) is 46.0 Å². The van der Waals surface area contributed by atoms with Crippen molar-refractivity contribution in [1.29, 1.82) is 0 Å². The zero-order valence-electron chi connectivity index (χ0n) is 12.4. The fourth-order valence-electron chi connectivity index (χ4n) is 2.72. The van der Waals surface area contributed by atoms with Crippen molar-refractivity contribution in [2.24, 2.45) is 0 Å². The Morgan fingerprint density at radius 1 is 1.10 bits per heavy atom. The number of carbonyl (C=O) groups is 1. The number of fused-ring (bicyclic) bond motifs is 1. The molecule has 0 aromatic carbocycles. The normalized spacial score (nSPS) is 14.4. The maximum absolute atomic E-state index is 12.4. The van der Waals surface area contributed by atoms with Crippen molar-refractivity contribution in [2.75, 3.05) is 5.32 Å². The molecule has 1 aliphatic carbocycles. The first-order chi connectivity index (χ1) is 10.1. The number of aromatic nitrogens is 2. The van der Waals surface area contributed by atoms with Crippen LogP contribution in [-0.2, 0) is 12.8 Å². The molecule has 5 heteroatoms. The topological polar surface area (TPSA) is 54.9 Å². The molecule has 2 heterocycles. The SMILES string of the molecule is Cc1cc(C)nc(NC(=O)c2cc3c(s2)CCCCC3)n1. The van der Waals surface area contributed by atoms with Crippen LogP contribution in [0.5, 0.6) is 0 Å². The van der Waals surface area contributed by atoms with Crippen LogP contribution in [0, 0.1) is 13.8 Å². The minimum Gasteiger partial charge on any atom is -0.290 e. The van der Waals surface area contributed by atoms with Gasteiger partial charge in [0.25, 0.3) is 5.91 Å².